The van der Waals surface area contributed by atoms with Crippen molar-refractivity contribution in [3.8, 4) is 0 Å². The molecule has 0 spiro atoms. The number of nitrogens with zero attached hydrogens (tertiary/aromatic N) is 1. The Hall–Kier alpha value is -2.13. The van der Waals surface area contributed by atoms with Gasteiger partial charge in [0.05, 0.1) is 22.2 Å². The number of aryl methyl sites for hydroxylation is 1. The fourth-order valence-electron chi connectivity index (χ4n) is 2.38. The van der Waals surface area contributed by atoms with Crippen LogP contribution in [0.4, 0.5) is 5.69 Å². The minimum absolute atomic E-state index is 0.0167. The zero-order valence-electron chi connectivity index (χ0n) is 16.7. The van der Waals surface area contributed by atoms with Gasteiger partial charge < -0.3 is 14.8 Å². The van der Waals surface area contributed by atoms with E-state index in [9.17, 15) is 8.42 Å². The van der Waals surface area contributed by atoms with Crippen LogP contribution in [-0.2, 0) is 19.5 Å². The summed E-state index contributed by atoms with van der Waals surface area (Å²) in [5.41, 5.74) is 1.48. The molecular weight excluding hydrogens is 414 g/mol. The zero-order valence-corrected chi connectivity index (χ0v) is 18.3. The lowest BCUT2D eigenvalue weighted by Gasteiger charge is -2.17. The van der Waals surface area contributed by atoms with Gasteiger partial charge in [0.15, 0.2) is 6.29 Å². The Morgan fingerprint density at radius 2 is 1.69 bits per heavy atom. The highest BCUT2D eigenvalue weighted by Gasteiger charge is 2.18. The van der Waals surface area contributed by atoms with Crippen molar-refractivity contribution in [2.75, 3.05) is 25.1 Å². The van der Waals surface area contributed by atoms with Gasteiger partial charge in [0.25, 0.3) is 10.0 Å². The number of guanidine groups is 1. The van der Waals surface area contributed by atoms with E-state index in [1.165, 1.54) is 12.1 Å². The summed E-state index contributed by atoms with van der Waals surface area (Å²) in [6.07, 6.45) is -0.586. The predicted molar refractivity (Wildman–Crippen MR) is 116 cm³/mol. The van der Waals surface area contributed by atoms with E-state index in [0.717, 1.165) is 5.56 Å². The summed E-state index contributed by atoms with van der Waals surface area (Å²) in [6.45, 7) is 6.57. The Morgan fingerprint density at radius 1 is 1.07 bits per heavy atom. The Bertz CT molecular complexity index is 912. The van der Waals surface area contributed by atoms with Crippen molar-refractivity contribution >= 4 is 33.3 Å². The Labute approximate surface area is 177 Å². The average molecular weight is 440 g/mol. The number of ether oxygens (including phenoxy) is 2. The molecule has 2 aromatic rings. The van der Waals surface area contributed by atoms with E-state index in [4.69, 9.17) is 21.1 Å². The second-order valence-electron chi connectivity index (χ2n) is 6.05. The number of sulfonamides is 1. The highest BCUT2D eigenvalue weighted by atomic mass is 35.5. The van der Waals surface area contributed by atoms with Crippen molar-refractivity contribution in [2.45, 2.75) is 32.0 Å². The molecule has 29 heavy (non-hydrogen) atoms. The first-order valence-corrected chi connectivity index (χ1v) is 11.1. The molecule has 7 nitrogen and oxygen atoms in total. The van der Waals surface area contributed by atoms with Gasteiger partial charge in [-0.1, -0.05) is 41.4 Å². The number of para-hydroxylation sites is 1. The number of nitrogens with one attached hydrogen (secondary N) is 2. The lowest BCUT2D eigenvalue weighted by Crippen LogP contribution is -2.37. The van der Waals surface area contributed by atoms with E-state index in [-0.39, 0.29) is 17.4 Å². The van der Waals surface area contributed by atoms with Crippen molar-refractivity contribution in [1.82, 2.24) is 4.72 Å². The maximum atomic E-state index is 12.8. The molecule has 0 bridgehead atoms. The van der Waals surface area contributed by atoms with E-state index in [1.807, 2.05) is 20.8 Å². The molecule has 0 radical (unpaired) electrons. The summed E-state index contributed by atoms with van der Waals surface area (Å²) >= 11 is 6.19. The number of rotatable bonds is 9. The first-order chi connectivity index (χ1) is 13.9. The third kappa shape index (κ3) is 7.32. The van der Waals surface area contributed by atoms with Gasteiger partial charge >= 0.3 is 0 Å². The number of hydrogen-bond acceptors (Lipinski definition) is 5. The van der Waals surface area contributed by atoms with E-state index in [0.29, 0.717) is 23.9 Å². The summed E-state index contributed by atoms with van der Waals surface area (Å²) in [6, 6.07) is 13.5. The lowest BCUT2D eigenvalue weighted by molar-refractivity contribution is -0.128. The summed E-state index contributed by atoms with van der Waals surface area (Å²) in [7, 11) is -3.85. The number of hydrogen-bond donors (Lipinski definition) is 2. The van der Waals surface area contributed by atoms with Crippen LogP contribution in [0.5, 0.6) is 0 Å². The van der Waals surface area contributed by atoms with E-state index >= 15 is 0 Å². The molecule has 0 aliphatic carbocycles. The molecule has 0 unspecified atom stereocenters. The Balaban J connectivity index is 2.29. The Kier molecular flexibility index (Phi) is 8.91. The van der Waals surface area contributed by atoms with Gasteiger partial charge in [-0.3, -0.25) is 0 Å². The van der Waals surface area contributed by atoms with Crippen LogP contribution in [0.15, 0.2) is 58.4 Å². The van der Waals surface area contributed by atoms with E-state index in [2.05, 4.69) is 15.0 Å². The van der Waals surface area contributed by atoms with Crippen LogP contribution in [0.3, 0.4) is 0 Å². The van der Waals surface area contributed by atoms with Gasteiger partial charge in [-0.15, -0.1) is 0 Å². The second-order valence-corrected chi connectivity index (χ2v) is 8.14. The number of benzene rings is 2. The van der Waals surface area contributed by atoms with Gasteiger partial charge in [-0.05, 0) is 45.0 Å². The van der Waals surface area contributed by atoms with Crippen LogP contribution in [0.2, 0.25) is 5.02 Å². The van der Waals surface area contributed by atoms with Crippen LogP contribution >= 0.6 is 11.6 Å². The molecule has 9 heteroatoms. The summed E-state index contributed by atoms with van der Waals surface area (Å²) in [5.74, 6) is 0.0167. The van der Waals surface area contributed by atoms with Gasteiger partial charge in [-0.2, -0.15) is 0 Å². The maximum Gasteiger partial charge on any atom is 0.264 e. The molecule has 0 saturated heterocycles. The second kappa shape index (κ2) is 11.2. The van der Waals surface area contributed by atoms with E-state index < -0.39 is 16.3 Å². The average Bonchev–Trinajstić information content (AvgIpc) is 2.68. The maximum absolute atomic E-state index is 12.8. The highest BCUT2D eigenvalue weighted by molar-refractivity contribution is 7.90. The van der Waals surface area contributed by atoms with Gasteiger partial charge in [0.2, 0.25) is 5.96 Å². The monoisotopic (exact) mass is 439 g/mol. The number of halogens is 1. The number of aliphatic imine (C=N–C) groups is 1. The van der Waals surface area contributed by atoms with Crippen LogP contribution < -0.4 is 10.0 Å². The standard InChI is InChI=1S/C20H26ClN3O4S/c1-4-27-19(28-5-2)14-22-20(23-18-9-7-6-8-17(18)21)24-29(25,26)16-12-10-15(3)11-13-16/h6-13,19H,4-5,14H2,1-3H3,(H2,22,23,24). The molecule has 0 aliphatic rings. The molecule has 158 valence electrons. The third-order valence-electron chi connectivity index (χ3n) is 3.79. The van der Waals surface area contributed by atoms with Crippen molar-refractivity contribution in [3.63, 3.8) is 0 Å². The highest BCUT2D eigenvalue weighted by Crippen LogP contribution is 2.20. The molecule has 0 atom stereocenters. The van der Waals surface area contributed by atoms with Crippen LogP contribution in [0.1, 0.15) is 19.4 Å². The summed E-state index contributed by atoms with van der Waals surface area (Å²) in [4.78, 5) is 4.46. The molecular formula is C20H26ClN3O4S. The minimum Gasteiger partial charge on any atom is -0.351 e. The molecule has 0 amide bonds. The van der Waals surface area contributed by atoms with Crippen molar-refractivity contribution in [2.24, 2.45) is 4.99 Å². The molecule has 0 aliphatic heterocycles. The fourth-order valence-corrected chi connectivity index (χ4v) is 3.55. The number of anilines is 1. The lowest BCUT2D eigenvalue weighted by atomic mass is 10.2. The molecule has 0 heterocycles. The topological polar surface area (TPSA) is 89.0 Å². The largest absolute Gasteiger partial charge is 0.351 e. The molecule has 0 saturated carbocycles. The van der Waals surface area contributed by atoms with Crippen molar-refractivity contribution in [1.29, 1.82) is 0 Å². The van der Waals surface area contributed by atoms with Crippen LogP contribution in [-0.4, -0.2) is 40.4 Å². The summed E-state index contributed by atoms with van der Waals surface area (Å²) in [5, 5.41) is 3.37. The first-order valence-electron chi connectivity index (χ1n) is 9.24. The molecule has 2 rings (SSSR count). The van der Waals surface area contributed by atoms with Crippen LogP contribution in [0.25, 0.3) is 0 Å². The zero-order chi connectivity index (χ0) is 21.3. The van der Waals surface area contributed by atoms with Gasteiger partial charge in [0, 0.05) is 13.2 Å². The molecule has 2 N–H and O–H groups in total. The van der Waals surface area contributed by atoms with Gasteiger partial charge in [-0.25, -0.2) is 18.1 Å². The predicted octanol–water partition coefficient (Wildman–Crippen LogP) is 3.79. The van der Waals surface area contributed by atoms with E-state index in [1.54, 1.807) is 36.4 Å². The van der Waals surface area contributed by atoms with Gasteiger partial charge in [0.1, 0.15) is 0 Å². The smallest absolute Gasteiger partial charge is 0.264 e. The Morgan fingerprint density at radius 3 is 2.28 bits per heavy atom. The normalized spacial score (nSPS) is 12.2. The van der Waals surface area contributed by atoms with Crippen LogP contribution in [0, 0.1) is 6.92 Å². The first kappa shape index (κ1) is 23.2. The summed E-state index contributed by atoms with van der Waals surface area (Å²) < 4.78 is 39.0. The third-order valence-corrected chi connectivity index (χ3v) is 5.48. The fraction of sp³-hybridized carbons (Fsp3) is 0.350. The van der Waals surface area contributed by atoms with Crippen molar-refractivity contribution < 1.29 is 17.9 Å². The molecule has 2 aromatic carbocycles. The SMILES string of the molecule is CCOC(CN=C(Nc1ccccc1Cl)NS(=O)(=O)c1ccc(C)cc1)OCC. The quantitative estimate of drug-likeness (QED) is 0.352. The minimum atomic E-state index is -3.85. The molecule has 0 aromatic heterocycles. The van der Waals surface area contributed by atoms with Crippen molar-refractivity contribution in [3.05, 3.63) is 59.1 Å². The molecule has 0 fully saturated rings.